The fourth-order valence-electron chi connectivity index (χ4n) is 3.02. The summed E-state index contributed by atoms with van der Waals surface area (Å²) in [5, 5.41) is 27.8. The van der Waals surface area contributed by atoms with Crippen LogP contribution in [0.2, 0.25) is 0 Å². The molecule has 0 rings (SSSR count). The number of rotatable bonds is 15. The van der Waals surface area contributed by atoms with Crippen molar-refractivity contribution in [3.05, 3.63) is 0 Å². The first-order chi connectivity index (χ1) is 11.4. The molecule has 0 aliphatic heterocycles. The van der Waals surface area contributed by atoms with Gasteiger partial charge in [-0.05, 0) is 39.8 Å². The van der Waals surface area contributed by atoms with Crippen molar-refractivity contribution in [1.29, 1.82) is 0 Å². The van der Waals surface area contributed by atoms with Crippen LogP contribution in [-0.4, -0.2) is 70.6 Å². The predicted octanol–water partition coefficient (Wildman–Crippen LogP) is 2.73. The van der Waals surface area contributed by atoms with Crippen LogP contribution in [0.4, 0.5) is 0 Å². The van der Waals surface area contributed by atoms with Gasteiger partial charge in [0.1, 0.15) is 0 Å². The average molecular weight is 381 g/mol. The third kappa shape index (κ3) is 7.42. The van der Waals surface area contributed by atoms with Crippen LogP contribution in [-0.2, 0) is 0 Å². The van der Waals surface area contributed by atoms with E-state index in [0.29, 0.717) is 0 Å². The van der Waals surface area contributed by atoms with Crippen molar-refractivity contribution in [2.75, 3.05) is 37.1 Å². The number of thioether (sulfide) groups is 2. The van der Waals surface area contributed by atoms with Crippen molar-refractivity contribution in [3.8, 4) is 0 Å². The van der Waals surface area contributed by atoms with E-state index in [1.165, 1.54) is 0 Å². The Balaban J connectivity index is 4.13. The summed E-state index contributed by atoms with van der Waals surface area (Å²) in [6, 6.07) is 0.274. The first-order valence-electron chi connectivity index (χ1n) is 9.32. The summed E-state index contributed by atoms with van der Waals surface area (Å²) < 4.78 is 0. The van der Waals surface area contributed by atoms with Gasteiger partial charge in [-0.25, -0.2) is 0 Å². The van der Waals surface area contributed by atoms with Crippen LogP contribution >= 0.6 is 23.5 Å². The highest BCUT2D eigenvalue weighted by atomic mass is 32.2. The minimum absolute atomic E-state index is 0.137. The lowest BCUT2D eigenvalue weighted by Gasteiger charge is -2.35. The van der Waals surface area contributed by atoms with Crippen molar-refractivity contribution < 1.29 is 10.2 Å². The molecule has 146 valence electrons. The van der Waals surface area contributed by atoms with Gasteiger partial charge in [0.2, 0.25) is 0 Å². The van der Waals surface area contributed by atoms with Gasteiger partial charge >= 0.3 is 0 Å². The first-order valence-corrected chi connectivity index (χ1v) is 11.6. The molecule has 0 saturated carbocycles. The average Bonchev–Trinajstić information content (AvgIpc) is 2.62. The van der Waals surface area contributed by atoms with E-state index in [1.54, 1.807) is 0 Å². The normalized spacial score (nSPS) is 15.5. The number of likely N-dealkylation sites (N-methyl/N-ethyl adjacent to an activating group) is 2. The van der Waals surface area contributed by atoms with Crippen LogP contribution in [0.3, 0.4) is 0 Å². The van der Waals surface area contributed by atoms with Crippen LogP contribution in [0.15, 0.2) is 0 Å². The van der Waals surface area contributed by atoms with Crippen LogP contribution in [0.5, 0.6) is 0 Å². The van der Waals surface area contributed by atoms with Crippen LogP contribution in [0.1, 0.15) is 53.4 Å². The topological polar surface area (TPSA) is 64.5 Å². The van der Waals surface area contributed by atoms with Crippen molar-refractivity contribution in [3.63, 3.8) is 0 Å². The lowest BCUT2D eigenvalue weighted by atomic mass is 9.90. The van der Waals surface area contributed by atoms with Gasteiger partial charge in [-0.15, -0.1) is 0 Å². The zero-order chi connectivity index (χ0) is 18.6. The standard InChI is InChI=1S/C18H40N2O2S2/c1-7-17(21,8-2)15(19-5)13-23-11-12-24-14-16(20-6)18(22,9-3)10-4/h15-16,19-22H,7-14H2,1-6H3/t15-,16-/m0/s1. The summed E-state index contributed by atoms with van der Waals surface area (Å²) >= 11 is 3.79. The summed E-state index contributed by atoms with van der Waals surface area (Å²) in [4.78, 5) is 0. The minimum Gasteiger partial charge on any atom is -0.388 e. The smallest absolute Gasteiger partial charge is 0.0802 e. The zero-order valence-corrected chi connectivity index (χ0v) is 18.2. The molecule has 0 amide bonds. The summed E-state index contributed by atoms with van der Waals surface area (Å²) in [6.07, 6.45) is 3.11. The van der Waals surface area contributed by atoms with Crippen molar-refractivity contribution in [2.24, 2.45) is 0 Å². The Hall–Kier alpha value is 0.540. The molecule has 0 saturated heterocycles. The molecule has 0 unspecified atom stereocenters. The Labute approximate surface area is 158 Å². The molecule has 0 fully saturated rings. The van der Waals surface area contributed by atoms with Crippen LogP contribution in [0, 0.1) is 0 Å². The lowest BCUT2D eigenvalue weighted by molar-refractivity contribution is 0.00355. The van der Waals surface area contributed by atoms with E-state index in [9.17, 15) is 10.2 Å². The molecule has 0 heterocycles. The molecule has 0 aliphatic rings. The van der Waals surface area contributed by atoms with E-state index < -0.39 is 11.2 Å². The van der Waals surface area contributed by atoms with Gasteiger partial charge in [-0.3, -0.25) is 0 Å². The minimum atomic E-state index is -0.606. The maximum atomic E-state index is 10.6. The first kappa shape index (κ1) is 24.5. The van der Waals surface area contributed by atoms with E-state index in [4.69, 9.17) is 0 Å². The van der Waals surface area contributed by atoms with E-state index in [0.717, 1.165) is 48.7 Å². The van der Waals surface area contributed by atoms with E-state index in [-0.39, 0.29) is 12.1 Å². The summed E-state index contributed by atoms with van der Waals surface area (Å²) in [5.41, 5.74) is -1.21. The Morgan fingerprint density at radius 1 is 0.708 bits per heavy atom. The zero-order valence-electron chi connectivity index (χ0n) is 16.5. The fraction of sp³-hybridized carbons (Fsp3) is 1.00. The number of nitrogens with one attached hydrogen (secondary N) is 2. The Morgan fingerprint density at radius 2 is 1.00 bits per heavy atom. The van der Waals surface area contributed by atoms with E-state index in [2.05, 4.69) is 38.3 Å². The van der Waals surface area contributed by atoms with Gasteiger partial charge in [0, 0.05) is 35.1 Å². The molecular formula is C18H40N2O2S2. The Kier molecular flexibility index (Phi) is 13.1. The van der Waals surface area contributed by atoms with Crippen LogP contribution in [0.25, 0.3) is 0 Å². The number of hydrogen-bond acceptors (Lipinski definition) is 6. The third-order valence-corrected chi connectivity index (χ3v) is 7.77. The third-order valence-electron chi connectivity index (χ3n) is 5.38. The SMILES string of the molecule is CCC(O)(CC)[C@H](CSCCSC[C@H](NC)C(O)(CC)CC)NC. The fourth-order valence-corrected chi connectivity index (χ4v) is 5.72. The number of aliphatic hydroxyl groups is 2. The maximum absolute atomic E-state index is 10.6. The van der Waals surface area contributed by atoms with Crippen LogP contribution < -0.4 is 10.6 Å². The van der Waals surface area contributed by atoms with Gasteiger partial charge in [0.15, 0.2) is 0 Å². The summed E-state index contributed by atoms with van der Waals surface area (Å²) in [7, 11) is 3.87. The predicted molar refractivity (Wildman–Crippen MR) is 111 cm³/mol. The quantitative estimate of drug-likeness (QED) is 0.328. The van der Waals surface area contributed by atoms with Gasteiger partial charge in [0.05, 0.1) is 11.2 Å². The largest absolute Gasteiger partial charge is 0.388 e. The molecule has 0 spiro atoms. The summed E-state index contributed by atoms with van der Waals surface area (Å²) in [5.74, 6) is 4.00. The maximum Gasteiger partial charge on any atom is 0.0802 e. The molecule has 0 aromatic carbocycles. The van der Waals surface area contributed by atoms with E-state index >= 15 is 0 Å². The second kappa shape index (κ2) is 12.8. The molecule has 0 aromatic heterocycles. The second-order valence-corrected chi connectivity index (χ2v) is 8.75. The molecule has 0 bridgehead atoms. The number of hydrogen-bond donors (Lipinski definition) is 4. The monoisotopic (exact) mass is 380 g/mol. The molecular weight excluding hydrogens is 340 g/mol. The molecule has 6 heteroatoms. The lowest BCUT2D eigenvalue weighted by Crippen LogP contribution is -2.50. The van der Waals surface area contributed by atoms with Gasteiger partial charge in [0.25, 0.3) is 0 Å². The molecule has 2 atom stereocenters. The highest BCUT2D eigenvalue weighted by Crippen LogP contribution is 2.24. The molecule has 0 radical (unpaired) electrons. The van der Waals surface area contributed by atoms with Crippen molar-refractivity contribution in [1.82, 2.24) is 10.6 Å². The van der Waals surface area contributed by atoms with Crippen molar-refractivity contribution in [2.45, 2.75) is 76.7 Å². The van der Waals surface area contributed by atoms with Gasteiger partial charge < -0.3 is 20.8 Å². The van der Waals surface area contributed by atoms with Gasteiger partial charge in [-0.1, -0.05) is 27.7 Å². The Bertz CT molecular complexity index is 281. The molecule has 4 nitrogen and oxygen atoms in total. The molecule has 4 N–H and O–H groups in total. The van der Waals surface area contributed by atoms with E-state index in [1.807, 2.05) is 37.6 Å². The molecule has 0 aliphatic carbocycles. The highest BCUT2D eigenvalue weighted by molar-refractivity contribution is 8.02. The van der Waals surface area contributed by atoms with Crippen molar-refractivity contribution >= 4 is 23.5 Å². The second-order valence-electron chi connectivity index (χ2n) is 6.45. The summed E-state index contributed by atoms with van der Waals surface area (Å²) in [6.45, 7) is 8.20. The molecule has 24 heavy (non-hydrogen) atoms. The Morgan fingerprint density at radius 3 is 1.21 bits per heavy atom. The highest BCUT2D eigenvalue weighted by Gasteiger charge is 2.33. The molecule has 0 aromatic rings. The van der Waals surface area contributed by atoms with Gasteiger partial charge in [-0.2, -0.15) is 23.5 Å².